The van der Waals surface area contributed by atoms with Gasteiger partial charge in [0.05, 0.1) is 0 Å². The van der Waals surface area contributed by atoms with Crippen molar-refractivity contribution in [3.8, 4) is 0 Å². The Morgan fingerprint density at radius 1 is 1.32 bits per heavy atom. The first-order valence-corrected chi connectivity index (χ1v) is 6.69. The van der Waals surface area contributed by atoms with E-state index in [-0.39, 0.29) is 0 Å². The molecule has 0 radical (unpaired) electrons. The van der Waals surface area contributed by atoms with Gasteiger partial charge in [0.25, 0.3) is 0 Å². The van der Waals surface area contributed by atoms with E-state index in [4.69, 9.17) is 5.73 Å². The predicted molar refractivity (Wildman–Crippen MR) is 77.6 cm³/mol. The number of hydrogen-bond acceptors (Lipinski definition) is 4. The summed E-state index contributed by atoms with van der Waals surface area (Å²) in [4.78, 5) is 11.1. The molecule has 1 aromatic heterocycles. The molecule has 0 amide bonds. The highest BCUT2D eigenvalue weighted by Crippen LogP contribution is 2.37. The molecule has 0 saturated heterocycles. The molecule has 1 aromatic carbocycles. The van der Waals surface area contributed by atoms with Crippen LogP contribution in [0.5, 0.6) is 0 Å². The fourth-order valence-electron chi connectivity index (χ4n) is 2.70. The van der Waals surface area contributed by atoms with E-state index < -0.39 is 0 Å². The first kappa shape index (κ1) is 12.0. The van der Waals surface area contributed by atoms with Crippen LogP contribution in [0.15, 0.2) is 30.3 Å². The van der Waals surface area contributed by atoms with Crippen molar-refractivity contribution in [2.45, 2.75) is 32.7 Å². The quantitative estimate of drug-likeness (QED) is 0.895. The highest BCUT2D eigenvalue weighted by molar-refractivity contribution is 5.69. The van der Waals surface area contributed by atoms with E-state index in [0.29, 0.717) is 11.9 Å². The lowest BCUT2D eigenvalue weighted by Crippen LogP contribution is -2.25. The van der Waals surface area contributed by atoms with Crippen LogP contribution in [0.4, 0.5) is 17.3 Å². The predicted octanol–water partition coefficient (Wildman–Crippen LogP) is 2.70. The minimum absolute atomic E-state index is 0.399. The number of fused-ring (bicyclic) bond motifs is 1. The second-order valence-corrected chi connectivity index (χ2v) is 4.97. The molecule has 98 valence electrons. The van der Waals surface area contributed by atoms with E-state index >= 15 is 0 Å². The van der Waals surface area contributed by atoms with E-state index in [1.54, 1.807) is 0 Å². The number of benzene rings is 1. The molecule has 2 aromatic rings. The number of aryl methyl sites for hydroxylation is 1. The van der Waals surface area contributed by atoms with Gasteiger partial charge in [0.15, 0.2) is 0 Å². The summed E-state index contributed by atoms with van der Waals surface area (Å²) in [5.74, 6) is 2.24. The number of rotatable bonds is 2. The minimum Gasteiger partial charge on any atom is -0.384 e. The van der Waals surface area contributed by atoms with E-state index in [0.717, 1.165) is 24.5 Å². The highest BCUT2D eigenvalue weighted by atomic mass is 15.2. The van der Waals surface area contributed by atoms with Crippen molar-refractivity contribution in [2.24, 2.45) is 0 Å². The van der Waals surface area contributed by atoms with Gasteiger partial charge in [-0.15, -0.1) is 0 Å². The summed E-state index contributed by atoms with van der Waals surface area (Å²) in [6.45, 7) is 4.25. The summed E-state index contributed by atoms with van der Waals surface area (Å²) in [7, 11) is 0. The molecule has 0 fully saturated rings. The van der Waals surface area contributed by atoms with Gasteiger partial charge in [0.1, 0.15) is 17.5 Å². The van der Waals surface area contributed by atoms with Gasteiger partial charge >= 0.3 is 0 Å². The number of nitrogens with two attached hydrogens (primary N) is 1. The van der Waals surface area contributed by atoms with Crippen molar-refractivity contribution in [1.82, 2.24) is 9.97 Å². The Morgan fingerprint density at radius 3 is 2.89 bits per heavy atom. The zero-order chi connectivity index (χ0) is 13.4. The maximum atomic E-state index is 5.89. The molecule has 19 heavy (non-hydrogen) atoms. The van der Waals surface area contributed by atoms with Crippen molar-refractivity contribution < 1.29 is 0 Å². The molecule has 3 rings (SSSR count). The van der Waals surface area contributed by atoms with Gasteiger partial charge in [-0.1, -0.05) is 25.1 Å². The SMILES string of the molecule is CCc1nc(N)cc(N2c3ccccc3CC2C)n1. The lowest BCUT2D eigenvalue weighted by atomic mass is 10.1. The number of para-hydroxylation sites is 1. The minimum atomic E-state index is 0.399. The summed E-state index contributed by atoms with van der Waals surface area (Å²) >= 11 is 0. The Labute approximate surface area is 113 Å². The van der Waals surface area contributed by atoms with Crippen molar-refractivity contribution in [2.75, 3.05) is 10.6 Å². The van der Waals surface area contributed by atoms with Gasteiger partial charge in [-0.2, -0.15) is 0 Å². The van der Waals surface area contributed by atoms with Crippen molar-refractivity contribution >= 4 is 17.3 Å². The van der Waals surface area contributed by atoms with Gasteiger partial charge in [0.2, 0.25) is 0 Å². The number of nitrogen functional groups attached to an aromatic ring is 1. The van der Waals surface area contributed by atoms with Crippen LogP contribution in [0, 0.1) is 0 Å². The Hall–Kier alpha value is -2.10. The Kier molecular flexibility index (Phi) is 2.85. The van der Waals surface area contributed by atoms with Crippen LogP contribution >= 0.6 is 0 Å². The van der Waals surface area contributed by atoms with Gasteiger partial charge in [0, 0.05) is 24.2 Å². The van der Waals surface area contributed by atoms with Crippen LogP contribution in [-0.2, 0) is 12.8 Å². The summed E-state index contributed by atoms with van der Waals surface area (Å²) in [5.41, 5.74) is 8.49. The second-order valence-electron chi connectivity index (χ2n) is 4.97. The summed E-state index contributed by atoms with van der Waals surface area (Å²) in [6.07, 6.45) is 1.84. The molecule has 4 nitrogen and oxygen atoms in total. The number of anilines is 3. The average Bonchev–Trinajstić information content (AvgIpc) is 2.73. The fraction of sp³-hybridized carbons (Fsp3) is 0.333. The number of nitrogens with zero attached hydrogens (tertiary/aromatic N) is 3. The van der Waals surface area contributed by atoms with Crippen LogP contribution in [0.3, 0.4) is 0 Å². The zero-order valence-corrected chi connectivity index (χ0v) is 11.3. The maximum Gasteiger partial charge on any atom is 0.139 e. The van der Waals surface area contributed by atoms with Crippen molar-refractivity contribution in [3.63, 3.8) is 0 Å². The smallest absolute Gasteiger partial charge is 0.139 e. The molecular formula is C15H18N4. The number of hydrogen-bond donors (Lipinski definition) is 1. The van der Waals surface area contributed by atoms with Gasteiger partial charge < -0.3 is 10.6 Å². The normalized spacial score (nSPS) is 17.6. The Balaban J connectivity index is 2.09. The largest absolute Gasteiger partial charge is 0.384 e. The number of aromatic nitrogens is 2. The first-order valence-electron chi connectivity index (χ1n) is 6.69. The third kappa shape index (κ3) is 2.03. The Morgan fingerprint density at radius 2 is 2.11 bits per heavy atom. The molecule has 1 unspecified atom stereocenters. The zero-order valence-electron chi connectivity index (χ0n) is 11.3. The molecule has 4 heteroatoms. The lowest BCUT2D eigenvalue weighted by molar-refractivity contribution is 0.745. The monoisotopic (exact) mass is 254 g/mol. The molecule has 1 atom stereocenters. The lowest BCUT2D eigenvalue weighted by Gasteiger charge is -2.24. The third-order valence-electron chi connectivity index (χ3n) is 3.55. The fourth-order valence-corrected chi connectivity index (χ4v) is 2.70. The van der Waals surface area contributed by atoms with Gasteiger partial charge in [-0.05, 0) is 25.0 Å². The van der Waals surface area contributed by atoms with Crippen LogP contribution < -0.4 is 10.6 Å². The van der Waals surface area contributed by atoms with Gasteiger partial charge in [-0.3, -0.25) is 0 Å². The summed E-state index contributed by atoms with van der Waals surface area (Å²) < 4.78 is 0. The summed E-state index contributed by atoms with van der Waals surface area (Å²) in [6, 6.07) is 10.7. The second kappa shape index (κ2) is 4.53. The molecule has 1 aliphatic rings. The van der Waals surface area contributed by atoms with E-state index in [9.17, 15) is 0 Å². The molecule has 0 bridgehead atoms. The topological polar surface area (TPSA) is 55.0 Å². The van der Waals surface area contributed by atoms with E-state index in [1.165, 1.54) is 11.3 Å². The van der Waals surface area contributed by atoms with E-state index in [1.807, 2.05) is 13.0 Å². The highest BCUT2D eigenvalue weighted by Gasteiger charge is 2.28. The van der Waals surface area contributed by atoms with E-state index in [2.05, 4.69) is 46.1 Å². The summed E-state index contributed by atoms with van der Waals surface area (Å²) in [5, 5.41) is 0. The standard InChI is InChI=1S/C15H18N4/c1-3-14-17-13(16)9-15(18-14)19-10(2)8-11-6-4-5-7-12(11)19/h4-7,9-10H,3,8H2,1-2H3,(H2,16,17,18). The third-order valence-corrected chi connectivity index (χ3v) is 3.55. The molecule has 0 aliphatic carbocycles. The average molecular weight is 254 g/mol. The molecule has 2 heterocycles. The molecule has 2 N–H and O–H groups in total. The Bertz CT molecular complexity index is 609. The molecule has 1 aliphatic heterocycles. The van der Waals surface area contributed by atoms with Crippen molar-refractivity contribution in [1.29, 1.82) is 0 Å². The first-order chi connectivity index (χ1) is 9.19. The van der Waals surface area contributed by atoms with Gasteiger partial charge in [-0.25, -0.2) is 9.97 Å². The van der Waals surface area contributed by atoms with Crippen LogP contribution in [-0.4, -0.2) is 16.0 Å². The molecule has 0 saturated carbocycles. The van der Waals surface area contributed by atoms with Crippen LogP contribution in [0.2, 0.25) is 0 Å². The van der Waals surface area contributed by atoms with Crippen LogP contribution in [0.1, 0.15) is 25.2 Å². The molecular weight excluding hydrogens is 236 g/mol. The molecule has 0 spiro atoms. The maximum absolute atomic E-state index is 5.89. The van der Waals surface area contributed by atoms with Crippen molar-refractivity contribution in [3.05, 3.63) is 41.7 Å². The van der Waals surface area contributed by atoms with Crippen LogP contribution in [0.25, 0.3) is 0 Å².